The Morgan fingerprint density at radius 3 is 2.77 bits per heavy atom. The number of hydrogen-bond donors (Lipinski definition) is 2. The predicted octanol–water partition coefficient (Wildman–Crippen LogP) is 9.15. The van der Waals surface area contributed by atoms with Gasteiger partial charge in [0.1, 0.15) is 5.75 Å². The molecule has 0 amide bonds. The average molecular weight is 520 g/mol. The lowest BCUT2D eigenvalue weighted by Crippen LogP contribution is -1.98. The number of aliphatic imine (C=N–C) groups is 1. The summed E-state index contributed by atoms with van der Waals surface area (Å²) in [7, 11) is 0. The van der Waals surface area contributed by atoms with Crippen LogP contribution in [-0.4, -0.2) is 23.5 Å². The summed E-state index contributed by atoms with van der Waals surface area (Å²) in [6.07, 6.45) is 21.8. The lowest BCUT2D eigenvalue weighted by atomic mass is 9.98. The van der Waals surface area contributed by atoms with Crippen molar-refractivity contribution in [3.63, 3.8) is 0 Å². The first kappa shape index (κ1) is 26.9. The van der Waals surface area contributed by atoms with Gasteiger partial charge >= 0.3 is 0 Å². The number of aromatic nitrogens is 1. The number of allylic oxidation sites excluding steroid dienone is 5. The Bertz CT molecular complexity index is 1450. The molecular formula is C35H41N3O. The van der Waals surface area contributed by atoms with E-state index in [1.54, 1.807) is 0 Å². The van der Waals surface area contributed by atoms with Gasteiger partial charge in [-0.2, -0.15) is 0 Å². The van der Waals surface area contributed by atoms with Crippen LogP contribution < -0.4 is 4.74 Å². The van der Waals surface area contributed by atoms with Crippen molar-refractivity contribution >= 4 is 28.9 Å². The van der Waals surface area contributed by atoms with E-state index in [9.17, 15) is 0 Å². The molecule has 39 heavy (non-hydrogen) atoms. The quantitative estimate of drug-likeness (QED) is 0.217. The van der Waals surface area contributed by atoms with E-state index in [1.807, 2.05) is 13.1 Å². The largest absolute Gasteiger partial charge is 0.494 e. The number of ether oxygens (including phenoxy) is 1. The SMILES string of the molecule is CCCOc1ccc2[nH]cc(CCCCCC3=CCC(CCCc4ccc5c(c4)C(=N)C(C)=C5)=CC=N3)c2c1. The van der Waals surface area contributed by atoms with Crippen molar-refractivity contribution < 1.29 is 4.74 Å². The maximum Gasteiger partial charge on any atom is 0.120 e. The van der Waals surface area contributed by atoms with Gasteiger partial charge in [-0.05, 0) is 123 Å². The van der Waals surface area contributed by atoms with E-state index in [1.165, 1.54) is 58.1 Å². The monoisotopic (exact) mass is 519 g/mol. The van der Waals surface area contributed by atoms with Crippen LogP contribution in [0, 0.1) is 5.41 Å². The summed E-state index contributed by atoms with van der Waals surface area (Å²) in [5.74, 6) is 0.966. The van der Waals surface area contributed by atoms with Crippen LogP contribution in [0.15, 0.2) is 76.6 Å². The van der Waals surface area contributed by atoms with Gasteiger partial charge in [0.2, 0.25) is 0 Å². The van der Waals surface area contributed by atoms with Crippen molar-refractivity contribution in [2.75, 3.05) is 6.61 Å². The smallest absolute Gasteiger partial charge is 0.120 e. The van der Waals surface area contributed by atoms with Gasteiger partial charge in [-0.1, -0.05) is 37.1 Å². The minimum Gasteiger partial charge on any atom is -0.494 e. The Hall–Kier alpha value is -3.66. The Morgan fingerprint density at radius 1 is 0.974 bits per heavy atom. The molecule has 0 unspecified atom stereocenters. The Kier molecular flexibility index (Phi) is 8.93. The Morgan fingerprint density at radius 2 is 1.87 bits per heavy atom. The zero-order chi connectivity index (χ0) is 27.0. The molecule has 202 valence electrons. The van der Waals surface area contributed by atoms with Crippen molar-refractivity contribution in [3.05, 3.63) is 93.8 Å². The number of fused-ring (bicyclic) bond motifs is 2. The molecule has 1 aliphatic carbocycles. The zero-order valence-electron chi connectivity index (χ0n) is 23.5. The number of hydrogen-bond acceptors (Lipinski definition) is 3. The molecule has 4 heteroatoms. The van der Waals surface area contributed by atoms with Gasteiger partial charge in [-0.15, -0.1) is 0 Å². The number of unbranched alkanes of at least 4 members (excludes halogenated alkanes) is 2. The van der Waals surface area contributed by atoms with E-state index in [2.05, 4.69) is 72.7 Å². The molecule has 0 atom stereocenters. The first-order chi connectivity index (χ1) is 19.1. The van der Waals surface area contributed by atoms with Gasteiger partial charge in [0.15, 0.2) is 0 Å². The molecule has 1 aliphatic heterocycles. The molecule has 1 aromatic heterocycles. The van der Waals surface area contributed by atoms with E-state index in [0.717, 1.165) is 68.4 Å². The molecule has 0 fully saturated rings. The maximum absolute atomic E-state index is 8.27. The Balaban J connectivity index is 1.02. The average Bonchev–Trinajstić information content (AvgIpc) is 3.38. The van der Waals surface area contributed by atoms with Gasteiger partial charge in [0.05, 0.1) is 12.3 Å². The third-order valence-corrected chi connectivity index (χ3v) is 7.86. The van der Waals surface area contributed by atoms with Crippen LogP contribution in [0.25, 0.3) is 17.0 Å². The van der Waals surface area contributed by atoms with Crippen molar-refractivity contribution in [1.29, 1.82) is 5.41 Å². The number of rotatable bonds is 13. The molecule has 2 heterocycles. The molecule has 2 aromatic carbocycles. The van der Waals surface area contributed by atoms with E-state index in [4.69, 9.17) is 15.1 Å². The molecular weight excluding hydrogens is 478 g/mol. The lowest BCUT2D eigenvalue weighted by molar-refractivity contribution is 0.318. The molecule has 3 aromatic rings. The second kappa shape index (κ2) is 12.9. The van der Waals surface area contributed by atoms with Crippen molar-refractivity contribution in [2.45, 2.75) is 78.1 Å². The highest BCUT2D eigenvalue weighted by atomic mass is 16.5. The zero-order valence-corrected chi connectivity index (χ0v) is 23.5. The number of aryl methyl sites for hydroxylation is 2. The van der Waals surface area contributed by atoms with Crippen LogP contribution in [0.4, 0.5) is 0 Å². The minimum atomic E-state index is 0.677. The number of aromatic amines is 1. The summed E-state index contributed by atoms with van der Waals surface area (Å²) < 4.78 is 5.83. The topological polar surface area (TPSA) is 61.2 Å². The maximum atomic E-state index is 8.27. The van der Waals surface area contributed by atoms with Gasteiger partial charge in [0.25, 0.3) is 0 Å². The fourth-order valence-electron chi connectivity index (χ4n) is 5.57. The summed E-state index contributed by atoms with van der Waals surface area (Å²) in [5, 5.41) is 9.56. The summed E-state index contributed by atoms with van der Waals surface area (Å²) in [6.45, 7) is 4.92. The summed E-state index contributed by atoms with van der Waals surface area (Å²) in [4.78, 5) is 8.14. The third-order valence-electron chi connectivity index (χ3n) is 7.86. The van der Waals surface area contributed by atoms with Crippen LogP contribution >= 0.6 is 0 Å². The highest BCUT2D eigenvalue weighted by Gasteiger charge is 2.16. The van der Waals surface area contributed by atoms with Crippen LogP contribution in [0.5, 0.6) is 5.75 Å². The number of benzene rings is 2. The lowest BCUT2D eigenvalue weighted by Gasteiger charge is -2.07. The molecule has 4 nitrogen and oxygen atoms in total. The molecule has 5 rings (SSSR count). The molecule has 2 N–H and O–H groups in total. The van der Waals surface area contributed by atoms with Crippen molar-refractivity contribution in [3.8, 4) is 5.75 Å². The molecule has 0 bridgehead atoms. The standard InChI is InChI=1S/C35H41N3O/c1-3-20-39-31-16-17-34-32(23-31)29(24-38-34)10-5-4-6-11-30-15-13-26(18-19-37-30)8-7-9-27-12-14-28-21-25(2)35(36)33(28)22-27/h12,14-19,21-24,36,38H,3-11,13,20H2,1-2H3. The van der Waals surface area contributed by atoms with E-state index < -0.39 is 0 Å². The molecule has 0 radical (unpaired) electrons. The van der Waals surface area contributed by atoms with Crippen LogP contribution in [0.1, 0.15) is 87.5 Å². The highest BCUT2D eigenvalue weighted by molar-refractivity contribution is 6.19. The molecule has 0 saturated heterocycles. The third kappa shape index (κ3) is 6.86. The van der Waals surface area contributed by atoms with Gasteiger partial charge in [0, 0.05) is 34.6 Å². The molecule has 0 saturated carbocycles. The van der Waals surface area contributed by atoms with Gasteiger partial charge < -0.3 is 9.72 Å². The molecule has 2 aliphatic rings. The summed E-state index contributed by atoms with van der Waals surface area (Å²) >= 11 is 0. The first-order valence-electron chi connectivity index (χ1n) is 14.6. The normalized spacial score (nSPS) is 14.7. The molecule has 0 spiro atoms. The first-order valence-corrected chi connectivity index (χ1v) is 14.6. The second-order valence-electron chi connectivity index (χ2n) is 10.9. The van der Waals surface area contributed by atoms with Crippen LogP contribution in [-0.2, 0) is 12.8 Å². The fraction of sp³-hybridized carbons (Fsp3) is 0.371. The van der Waals surface area contributed by atoms with Crippen molar-refractivity contribution in [1.82, 2.24) is 4.98 Å². The fourth-order valence-corrected chi connectivity index (χ4v) is 5.57. The van der Waals surface area contributed by atoms with E-state index in [-0.39, 0.29) is 0 Å². The number of H-pyrrole nitrogens is 1. The number of nitrogens with one attached hydrogen (secondary N) is 2. The summed E-state index contributed by atoms with van der Waals surface area (Å²) in [5.41, 5.74) is 10.6. The second-order valence-corrected chi connectivity index (χ2v) is 10.9. The van der Waals surface area contributed by atoms with Gasteiger partial charge in [-0.25, -0.2) is 0 Å². The van der Waals surface area contributed by atoms with Gasteiger partial charge in [-0.3, -0.25) is 10.4 Å². The van der Waals surface area contributed by atoms with Crippen LogP contribution in [0.2, 0.25) is 0 Å². The van der Waals surface area contributed by atoms with E-state index >= 15 is 0 Å². The highest BCUT2D eigenvalue weighted by Crippen LogP contribution is 2.28. The van der Waals surface area contributed by atoms with Crippen molar-refractivity contribution in [2.24, 2.45) is 4.99 Å². The predicted molar refractivity (Wildman–Crippen MR) is 165 cm³/mol. The Labute approximate surface area is 233 Å². The minimum absolute atomic E-state index is 0.677. The summed E-state index contributed by atoms with van der Waals surface area (Å²) in [6, 6.07) is 13.0. The number of nitrogens with zero attached hydrogens (tertiary/aromatic N) is 1. The van der Waals surface area contributed by atoms with E-state index in [0.29, 0.717) is 5.71 Å². The van der Waals surface area contributed by atoms with Crippen LogP contribution in [0.3, 0.4) is 0 Å².